The lowest BCUT2D eigenvalue weighted by molar-refractivity contribution is -0.133. The van der Waals surface area contributed by atoms with Crippen LogP contribution in [0.15, 0.2) is 48.8 Å². The van der Waals surface area contributed by atoms with Crippen molar-refractivity contribution in [3.05, 3.63) is 64.9 Å². The maximum absolute atomic E-state index is 12.6. The van der Waals surface area contributed by atoms with E-state index in [1.165, 1.54) is 0 Å². The van der Waals surface area contributed by atoms with Gasteiger partial charge in [-0.1, -0.05) is 11.6 Å². The van der Waals surface area contributed by atoms with Crippen LogP contribution < -0.4 is 5.32 Å². The number of aromatic nitrogens is 1. The molecule has 0 radical (unpaired) electrons. The summed E-state index contributed by atoms with van der Waals surface area (Å²) in [4.78, 5) is 30.3. The van der Waals surface area contributed by atoms with Gasteiger partial charge in [-0.25, -0.2) is 0 Å². The van der Waals surface area contributed by atoms with Gasteiger partial charge in [0.2, 0.25) is 5.91 Å². The number of hydrogen-bond donors (Lipinski definition) is 1. The number of nitrogens with one attached hydrogen (secondary N) is 1. The highest BCUT2D eigenvalue weighted by Gasteiger charge is 2.24. The summed E-state index contributed by atoms with van der Waals surface area (Å²) in [5, 5.41) is 3.27. The van der Waals surface area contributed by atoms with Gasteiger partial charge in [-0.05, 0) is 55.8 Å². The molecule has 2 rings (SSSR count). The number of rotatable bonds is 5. The molecule has 24 heavy (non-hydrogen) atoms. The Balaban J connectivity index is 2.00. The van der Waals surface area contributed by atoms with Crippen LogP contribution in [0, 0.1) is 0 Å². The highest BCUT2D eigenvalue weighted by Crippen LogP contribution is 2.18. The molecule has 0 aliphatic rings. The normalized spacial score (nSPS) is 13.0. The van der Waals surface area contributed by atoms with Crippen LogP contribution in [0.25, 0.3) is 0 Å². The van der Waals surface area contributed by atoms with Gasteiger partial charge in [0.1, 0.15) is 6.04 Å². The van der Waals surface area contributed by atoms with Crippen molar-refractivity contribution in [3.8, 4) is 0 Å². The molecule has 0 aliphatic heterocycles. The summed E-state index contributed by atoms with van der Waals surface area (Å²) in [6.45, 7) is 3.60. The van der Waals surface area contributed by atoms with Crippen molar-refractivity contribution in [2.75, 3.05) is 7.05 Å². The Hall–Kier alpha value is -2.40. The van der Waals surface area contributed by atoms with E-state index >= 15 is 0 Å². The molecule has 2 aromatic rings. The molecule has 2 amide bonds. The van der Waals surface area contributed by atoms with Crippen LogP contribution >= 0.6 is 11.6 Å². The average Bonchev–Trinajstić information content (AvgIpc) is 2.61. The number of amides is 2. The summed E-state index contributed by atoms with van der Waals surface area (Å²) in [5.74, 6) is -0.473. The lowest BCUT2D eigenvalue weighted by atomic mass is 10.1. The molecule has 1 aromatic heterocycles. The Morgan fingerprint density at radius 2 is 1.67 bits per heavy atom. The molecule has 0 spiro atoms. The monoisotopic (exact) mass is 345 g/mol. The second-order valence-electron chi connectivity index (χ2n) is 5.61. The number of halogens is 1. The second-order valence-corrected chi connectivity index (χ2v) is 6.04. The van der Waals surface area contributed by atoms with E-state index in [9.17, 15) is 9.59 Å². The molecule has 0 fully saturated rings. The summed E-state index contributed by atoms with van der Waals surface area (Å²) in [6, 6.07) is 9.51. The van der Waals surface area contributed by atoms with Gasteiger partial charge >= 0.3 is 0 Å². The van der Waals surface area contributed by atoms with Crippen molar-refractivity contribution in [2.24, 2.45) is 0 Å². The standard InChI is InChI=1S/C18H20ClN3O2/c1-12(21-17(23)15-4-6-16(19)7-5-15)18(24)22(3)13(2)14-8-10-20-11-9-14/h4-13H,1-3H3,(H,21,23). The van der Waals surface area contributed by atoms with Crippen LogP contribution in [0.2, 0.25) is 5.02 Å². The number of nitrogens with zero attached hydrogens (tertiary/aromatic N) is 2. The van der Waals surface area contributed by atoms with Crippen molar-refractivity contribution in [2.45, 2.75) is 25.9 Å². The Labute approximate surface area is 146 Å². The lowest BCUT2D eigenvalue weighted by Crippen LogP contribution is -2.46. The van der Waals surface area contributed by atoms with Crippen molar-refractivity contribution >= 4 is 23.4 Å². The zero-order chi connectivity index (χ0) is 17.7. The van der Waals surface area contributed by atoms with E-state index in [2.05, 4.69) is 10.3 Å². The fourth-order valence-corrected chi connectivity index (χ4v) is 2.43. The topological polar surface area (TPSA) is 62.3 Å². The van der Waals surface area contributed by atoms with E-state index in [-0.39, 0.29) is 17.9 Å². The third kappa shape index (κ3) is 4.32. The second kappa shape index (κ2) is 7.93. The van der Waals surface area contributed by atoms with Crippen molar-refractivity contribution in [1.82, 2.24) is 15.2 Å². The number of benzene rings is 1. The molecule has 1 aromatic carbocycles. The van der Waals surface area contributed by atoms with Crippen LogP contribution in [0.5, 0.6) is 0 Å². The first-order valence-electron chi connectivity index (χ1n) is 7.63. The van der Waals surface area contributed by atoms with Gasteiger partial charge in [-0.15, -0.1) is 0 Å². The first-order valence-corrected chi connectivity index (χ1v) is 8.01. The highest BCUT2D eigenvalue weighted by atomic mass is 35.5. The van der Waals surface area contributed by atoms with Gasteiger partial charge in [-0.3, -0.25) is 14.6 Å². The number of pyridine rings is 1. The zero-order valence-corrected chi connectivity index (χ0v) is 14.6. The molecule has 6 heteroatoms. The number of likely N-dealkylation sites (N-methyl/N-ethyl adjacent to an activating group) is 1. The van der Waals surface area contributed by atoms with E-state index in [1.54, 1.807) is 55.5 Å². The van der Waals surface area contributed by atoms with Gasteiger partial charge < -0.3 is 10.2 Å². The van der Waals surface area contributed by atoms with E-state index in [0.29, 0.717) is 10.6 Å². The van der Waals surface area contributed by atoms with Gasteiger partial charge in [0.15, 0.2) is 0 Å². The maximum Gasteiger partial charge on any atom is 0.251 e. The van der Waals surface area contributed by atoms with Gasteiger partial charge in [0.05, 0.1) is 6.04 Å². The number of hydrogen-bond acceptors (Lipinski definition) is 3. The van der Waals surface area contributed by atoms with Gasteiger partial charge in [-0.2, -0.15) is 0 Å². The van der Waals surface area contributed by atoms with E-state index in [1.807, 2.05) is 19.1 Å². The van der Waals surface area contributed by atoms with E-state index in [4.69, 9.17) is 11.6 Å². The summed E-state index contributed by atoms with van der Waals surface area (Å²) >= 11 is 5.81. The van der Waals surface area contributed by atoms with Gasteiger partial charge in [0, 0.05) is 30.0 Å². The van der Waals surface area contributed by atoms with Crippen molar-refractivity contribution in [1.29, 1.82) is 0 Å². The molecular formula is C18H20ClN3O2. The highest BCUT2D eigenvalue weighted by molar-refractivity contribution is 6.30. The van der Waals surface area contributed by atoms with Crippen LogP contribution in [0.1, 0.15) is 35.8 Å². The number of carbonyl (C=O) groups is 2. The predicted octanol–water partition coefficient (Wildman–Crippen LogP) is 3.07. The maximum atomic E-state index is 12.6. The largest absolute Gasteiger partial charge is 0.341 e. The first-order chi connectivity index (χ1) is 11.4. The Morgan fingerprint density at radius 1 is 1.08 bits per heavy atom. The molecule has 2 unspecified atom stereocenters. The van der Waals surface area contributed by atoms with Crippen LogP contribution in [-0.4, -0.2) is 34.8 Å². The minimum atomic E-state index is -0.637. The quantitative estimate of drug-likeness (QED) is 0.905. The van der Waals surface area contributed by atoms with E-state index < -0.39 is 6.04 Å². The molecule has 5 nitrogen and oxygen atoms in total. The third-order valence-corrected chi connectivity index (χ3v) is 4.19. The zero-order valence-electron chi connectivity index (χ0n) is 13.9. The molecule has 2 atom stereocenters. The molecule has 0 saturated carbocycles. The van der Waals surface area contributed by atoms with Crippen molar-refractivity contribution < 1.29 is 9.59 Å². The Bertz CT molecular complexity index is 704. The molecule has 0 bridgehead atoms. The number of carbonyl (C=O) groups excluding carboxylic acids is 2. The fraction of sp³-hybridized carbons (Fsp3) is 0.278. The summed E-state index contributed by atoms with van der Waals surface area (Å²) in [5.41, 5.74) is 1.45. The molecule has 0 aliphatic carbocycles. The minimum absolute atomic E-state index is 0.115. The summed E-state index contributed by atoms with van der Waals surface area (Å²) in [6.07, 6.45) is 3.38. The fourth-order valence-electron chi connectivity index (χ4n) is 2.30. The van der Waals surface area contributed by atoms with Gasteiger partial charge in [0.25, 0.3) is 5.91 Å². The van der Waals surface area contributed by atoms with Crippen LogP contribution in [-0.2, 0) is 4.79 Å². The van der Waals surface area contributed by atoms with Crippen LogP contribution in [0.4, 0.5) is 0 Å². The third-order valence-electron chi connectivity index (χ3n) is 3.94. The molecule has 1 heterocycles. The average molecular weight is 346 g/mol. The Morgan fingerprint density at radius 3 is 2.25 bits per heavy atom. The minimum Gasteiger partial charge on any atom is -0.341 e. The summed E-state index contributed by atoms with van der Waals surface area (Å²) < 4.78 is 0. The SMILES string of the molecule is CC(NC(=O)c1ccc(Cl)cc1)C(=O)N(C)C(C)c1ccncc1. The predicted molar refractivity (Wildman–Crippen MR) is 93.8 cm³/mol. The molecular weight excluding hydrogens is 326 g/mol. The smallest absolute Gasteiger partial charge is 0.251 e. The molecule has 126 valence electrons. The van der Waals surface area contributed by atoms with E-state index in [0.717, 1.165) is 5.56 Å². The molecule has 0 saturated heterocycles. The lowest BCUT2D eigenvalue weighted by Gasteiger charge is -2.28. The molecule has 1 N–H and O–H groups in total. The first kappa shape index (κ1) is 17.9. The summed E-state index contributed by atoms with van der Waals surface area (Å²) in [7, 11) is 1.72. The van der Waals surface area contributed by atoms with Crippen molar-refractivity contribution in [3.63, 3.8) is 0 Å². The Kier molecular flexibility index (Phi) is 5.93. The van der Waals surface area contributed by atoms with Crippen LogP contribution in [0.3, 0.4) is 0 Å².